The Labute approximate surface area is 90.7 Å². The Morgan fingerprint density at radius 2 is 1.20 bits per heavy atom. The van der Waals surface area contributed by atoms with Gasteiger partial charge < -0.3 is 0 Å². The molecule has 0 atom stereocenters. The fraction of sp³-hybridized carbons (Fsp3) is 1.00. The maximum Gasteiger partial charge on any atom is 0.266 e. The Bertz CT molecular complexity index is 58.6. The summed E-state index contributed by atoms with van der Waals surface area (Å²) in [5.41, 5.74) is 0. The fourth-order valence-corrected chi connectivity index (χ4v) is 0. The molecule has 0 aromatic carbocycles. The molecule has 0 aromatic rings. The van der Waals surface area contributed by atoms with Gasteiger partial charge in [-0.2, -0.15) is 0 Å². The second kappa shape index (κ2) is 7.39. The summed E-state index contributed by atoms with van der Waals surface area (Å²) in [6.45, 7) is 1.94. The summed E-state index contributed by atoms with van der Waals surface area (Å²) in [5, 5.41) is 0. The Balaban J connectivity index is 0. The lowest BCUT2D eigenvalue weighted by Gasteiger charge is -1.91. The topological polar surface area (TPSA) is 0 Å². The molecule has 0 N–H and O–H groups in total. The van der Waals surface area contributed by atoms with E-state index in [1.54, 1.807) is 0 Å². The van der Waals surface area contributed by atoms with E-state index in [1.807, 2.05) is 6.92 Å². The van der Waals surface area contributed by atoms with Gasteiger partial charge >= 0.3 is 0 Å². The molecule has 6 heteroatoms. The second-order valence-electron chi connectivity index (χ2n) is 1.23. The molecule has 10 heavy (non-hydrogen) atoms. The predicted octanol–water partition coefficient (Wildman–Crippen LogP) is 4.75. The first kappa shape index (κ1) is 14.3. The molecule has 0 aromatic heterocycles. The zero-order chi connectivity index (χ0) is 8.78. The van der Waals surface area contributed by atoms with Crippen molar-refractivity contribution in [3.63, 3.8) is 0 Å². The molecule has 0 radical (unpaired) electrons. The molecule has 0 heterocycles. The minimum absolute atomic E-state index is 0.171. The molecule has 0 aliphatic rings. The van der Waals surface area contributed by atoms with Crippen molar-refractivity contribution in [1.29, 1.82) is 0 Å². The molecular formula is C4H6Cl6. The van der Waals surface area contributed by atoms with Crippen LogP contribution in [0.25, 0.3) is 0 Å². The van der Waals surface area contributed by atoms with E-state index in [2.05, 4.69) is 0 Å². The molecular weight excluding hydrogens is 261 g/mol. The van der Waals surface area contributed by atoms with E-state index in [9.17, 15) is 0 Å². The smallest absolute Gasteiger partial charge is 0.105 e. The average molecular weight is 267 g/mol. The van der Waals surface area contributed by atoms with Gasteiger partial charge in [0.15, 0.2) is 0 Å². The van der Waals surface area contributed by atoms with Gasteiger partial charge in [-0.1, -0.05) is 53.3 Å². The Kier molecular flexibility index (Phi) is 10.6. The zero-order valence-electron chi connectivity index (χ0n) is 5.05. The standard InChI is InChI=1S/C3H6Cl2.CCl4/c1-2-3(4)5;2-1(3,4)5/h3H,2H2,1H3;. The molecule has 0 saturated heterocycles. The lowest BCUT2D eigenvalue weighted by atomic mass is 10.6. The van der Waals surface area contributed by atoms with Gasteiger partial charge in [-0.3, -0.25) is 0 Å². The molecule has 0 rings (SSSR count). The van der Waals surface area contributed by atoms with Crippen molar-refractivity contribution in [2.75, 3.05) is 0 Å². The molecule has 0 nitrogen and oxygen atoms in total. The maximum absolute atomic E-state index is 5.23. The molecule has 0 spiro atoms. The molecule has 0 aliphatic carbocycles. The van der Waals surface area contributed by atoms with Crippen LogP contribution < -0.4 is 0 Å². The SMILES string of the molecule is CCC(Cl)Cl.ClC(Cl)(Cl)Cl. The quantitative estimate of drug-likeness (QED) is 0.601. The number of alkyl halides is 6. The molecule has 0 fully saturated rings. The van der Waals surface area contributed by atoms with Crippen molar-refractivity contribution in [2.45, 2.75) is 21.4 Å². The average Bonchev–Trinajstić information content (AvgIpc) is 1.61. The van der Waals surface area contributed by atoms with E-state index in [-0.39, 0.29) is 4.84 Å². The van der Waals surface area contributed by atoms with Crippen LogP contribution in [0.4, 0.5) is 0 Å². The van der Waals surface area contributed by atoms with Crippen LogP contribution >= 0.6 is 69.6 Å². The van der Waals surface area contributed by atoms with Crippen molar-refractivity contribution in [1.82, 2.24) is 0 Å². The van der Waals surface area contributed by atoms with Crippen LogP contribution in [0.3, 0.4) is 0 Å². The Hall–Kier alpha value is 1.74. The minimum atomic E-state index is -1.61. The third kappa shape index (κ3) is 53.2. The highest BCUT2D eigenvalue weighted by Gasteiger charge is 2.11. The number of halogens is 6. The summed E-state index contributed by atoms with van der Waals surface area (Å²) >= 11 is 29.8. The van der Waals surface area contributed by atoms with Crippen LogP contribution in [-0.4, -0.2) is 8.09 Å². The Morgan fingerprint density at radius 3 is 1.20 bits per heavy atom. The van der Waals surface area contributed by atoms with E-state index in [4.69, 9.17) is 69.6 Å². The van der Waals surface area contributed by atoms with Crippen molar-refractivity contribution >= 4 is 69.6 Å². The van der Waals surface area contributed by atoms with E-state index < -0.39 is 3.25 Å². The number of hydrogen-bond donors (Lipinski definition) is 0. The highest BCUT2D eigenvalue weighted by atomic mass is 35.6. The molecule has 0 bridgehead atoms. The Morgan fingerprint density at radius 1 is 1.10 bits per heavy atom. The van der Waals surface area contributed by atoms with Crippen molar-refractivity contribution in [3.05, 3.63) is 0 Å². The zero-order valence-corrected chi connectivity index (χ0v) is 9.59. The first-order valence-electron chi connectivity index (χ1n) is 2.31. The lowest BCUT2D eigenvalue weighted by molar-refractivity contribution is 1.04. The summed E-state index contributed by atoms with van der Waals surface area (Å²) in [7, 11) is 0. The van der Waals surface area contributed by atoms with Gasteiger partial charge in [0.05, 0.1) is 0 Å². The van der Waals surface area contributed by atoms with Gasteiger partial charge in [-0.25, -0.2) is 0 Å². The van der Waals surface area contributed by atoms with E-state index in [0.717, 1.165) is 6.42 Å². The van der Waals surface area contributed by atoms with Gasteiger partial charge in [0.25, 0.3) is 3.25 Å². The van der Waals surface area contributed by atoms with Gasteiger partial charge in [-0.15, -0.1) is 23.2 Å². The highest BCUT2D eigenvalue weighted by molar-refractivity contribution is 6.83. The molecule has 0 aliphatic heterocycles. The maximum atomic E-state index is 5.23. The minimum Gasteiger partial charge on any atom is -0.105 e. The van der Waals surface area contributed by atoms with Gasteiger partial charge in [0, 0.05) is 0 Å². The van der Waals surface area contributed by atoms with Crippen LogP contribution in [0, 0.1) is 0 Å². The van der Waals surface area contributed by atoms with Crippen LogP contribution in [0.5, 0.6) is 0 Å². The van der Waals surface area contributed by atoms with E-state index >= 15 is 0 Å². The third-order valence-corrected chi connectivity index (χ3v) is 0.926. The van der Waals surface area contributed by atoms with Crippen LogP contribution in [0.1, 0.15) is 13.3 Å². The van der Waals surface area contributed by atoms with Crippen LogP contribution in [-0.2, 0) is 0 Å². The van der Waals surface area contributed by atoms with E-state index in [0.29, 0.717) is 0 Å². The summed E-state index contributed by atoms with van der Waals surface area (Å²) in [6, 6.07) is 0. The van der Waals surface area contributed by atoms with Crippen molar-refractivity contribution < 1.29 is 0 Å². The molecule has 64 valence electrons. The van der Waals surface area contributed by atoms with Gasteiger partial charge in [-0.05, 0) is 6.42 Å². The summed E-state index contributed by atoms with van der Waals surface area (Å²) in [4.78, 5) is -0.171. The van der Waals surface area contributed by atoms with Gasteiger partial charge in [0.1, 0.15) is 4.84 Å². The van der Waals surface area contributed by atoms with E-state index in [1.165, 1.54) is 0 Å². The highest BCUT2D eigenvalue weighted by Crippen LogP contribution is 2.29. The van der Waals surface area contributed by atoms with Crippen LogP contribution in [0.15, 0.2) is 0 Å². The summed E-state index contributed by atoms with van der Waals surface area (Å²) in [5.74, 6) is 0. The van der Waals surface area contributed by atoms with Crippen molar-refractivity contribution in [3.8, 4) is 0 Å². The fourth-order valence-electron chi connectivity index (χ4n) is 0. The molecule has 0 unspecified atom stereocenters. The molecule has 0 amide bonds. The summed E-state index contributed by atoms with van der Waals surface area (Å²) < 4.78 is -1.61. The lowest BCUT2D eigenvalue weighted by Crippen LogP contribution is -1.81. The largest absolute Gasteiger partial charge is 0.266 e. The monoisotopic (exact) mass is 264 g/mol. The van der Waals surface area contributed by atoms with Crippen molar-refractivity contribution in [2.24, 2.45) is 0 Å². The third-order valence-electron chi connectivity index (χ3n) is 0.309. The second-order valence-corrected chi connectivity index (χ2v) is 5.93. The first-order chi connectivity index (χ1) is 4.27. The molecule has 0 saturated carbocycles. The number of hydrogen-bond acceptors (Lipinski definition) is 0. The van der Waals surface area contributed by atoms with Gasteiger partial charge in [0.2, 0.25) is 0 Å². The van der Waals surface area contributed by atoms with Crippen LogP contribution in [0.2, 0.25) is 0 Å². The normalized spacial score (nSPS) is 10.8. The predicted molar refractivity (Wildman–Crippen MR) is 51.9 cm³/mol. The summed E-state index contributed by atoms with van der Waals surface area (Å²) in [6.07, 6.45) is 0.836. The first-order valence-corrected chi connectivity index (χ1v) is 4.69. The number of rotatable bonds is 1.